The summed E-state index contributed by atoms with van der Waals surface area (Å²) in [6.07, 6.45) is 2.54. The van der Waals surface area contributed by atoms with Gasteiger partial charge in [0, 0.05) is 6.04 Å². The fraction of sp³-hybridized carbons (Fsp3) is 1.00. The average molecular weight is 156 g/mol. The van der Waals surface area contributed by atoms with Crippen LogP contribution < -0.4 is 5.73 Å². The van der Waals surface area contributed by atoms with E-state index in [2.05, 4.69) is 18.7 Å². The number of rotatable bonds is 3. The molecule has 0 aromatic heterocycles. The van der Waals surface area contributed by atoms with Crippen molar-refractivity contribution in [2.75, 3.05) is 19.6 Å². The van der Waals surface area contributed by atoms with E-state index in [4.69, 9.17) is 5.73 Å². The Kier molecular flexibility index (Phi) is 3.34. The Labute approximate surface area is 69.8 Å². The van der Waals surface area contributed by atoms with Crippen LogP contribution in [0.3, 0.4) is 0 Å². The predicted molar refractivity (Wildman–Crippen MR) is 48.5 cm³/mol. The molecule has 1 aliphatic heterocycles. The van der Waals surface area contributed by atoms with Crippen molar-refractivity contribution >= 4 is 0 Å². The highest BCUT2D eigenvalue weighted by molar-refractivity contribution is 4.83. The number of nitrogens with zero attached hydrogens (tertiary/aromatic N) is 1. The third-order valence-corrected chi connectivity index (χ3v) is 2.87. The van der Waals surface area contributed by atoms with Crippen LogP contribution in [0, 0.1) is 5.92 Å². The minimum absolute atomic E-state index is 0.769. The second-order valence-corrected chi connectivity index (χ2v) is 3.54. The van der Waals surface area contributed by atoms with E-state index in [0.717, 1.165) is 18.5 Å². The molecule has 66 valence electrons. The third kappa shape index (κ3) is 1.94. The van der Waals surface area contributed by atoms with Crippen LogP contribution in [-0.4, -0.2) is 30.6 Å². The monoisotopic (exact) mass is 156 g/mol. The van der Waals surface area contributed by atoms with Gasteiger partial charge >= 0.3 is 0 Å². The van der Waals surface area contributed by atoms with Crippen LogP contribution in [0.4, 0.5) is 0 Å². The van der Waals surface area contributed by atoms with Crippen LogP contribution in [0.1, 0.15) is 26.7 Å². The van der Waals surface area contributed by atoms with E-state index in [-0.39, 0.29) is 0 Å². The molecule has 0 radical (unpaired) electrons. The molecular formula is C9H20N2. The summed E-state index contributed by atoms with van der Waals surface area (Å²) in [6.45, 7) is 7.89. The third-order valence-electron chi connectivity index (χ3n) is 2.87. The van der Waals surface area contributed by atoms with Crippen molar-refractivity contribution in [3.05, 3.63) is 0 Å². The van der Waals surface area contributed by atoms with Crippen molar-refractivity contribution in [3.63, 3.8) is 0 Å². The van der Waals surface area contributed by atoms with Crippen LogP contribution in [-0.2, 0) is 0 Å². The minimum Gasteiger partial charge on any atom is -0.330 e. The summed E-state index contributed by atoms with van der Waals surface area (Å²) in [5, 5.41) is 0. The Morgan fingerprint density at radius 1 is 1.55 bits per heavy atom. The molecule has 1 rings (SSSR count). The lowest BCUT2D eigenvalue weighted by atomic mass is 10.0. The van der Waals surface area contributed by atoms with E-state index in [1.165, 1.54) is 25.9 Å². The van der Waals surface area contributed by atoms with Crippen molar-refractivity contribution in [1.82, 2.24) is 4.90 Å². The van der Waals surface area contributed by atoms with E-state index in [1.54, 1.807) is 0 Å². The quantitative estimate of drug-likeness (QED) is 0.662. The Bertz CT molecular complexity index is 114. The molecule has 2 nitrogen and oxygen atoms in total. The molecular weight excluding hydrogens is 136 g/mol. The van der Waals surface area contributed by atoms with Gasteiger partial charge in [-0.05, 0) is 38.4 Å². The normalized spacial score (nSPS) is 33.0. The van der Waals surface area contributed by atoms with E-state index in [0.29, 0.717) is 0 Å². The van der Waals surface area contributed by atoms with Gasteiger partial charge in [0.2, 0.25) is 0 Å². The molecule has 0 saturated carbocycles. The average Bonchev–Trinajstić information content (AvgIpc) is 2.34. The maximum absolute atomic E-state index is 5.56. The lowest BCUT2D eigenvalue weighted by Gasteiger charge is -2.24. The van der Waals surface area contributed by atoms with Gasteiger partial charge in [-0.15, -0.1) is 0 Å². The van der Waals surface area contributed by atoms with E-state index >= 15 is 0 Å². The Hall–Kier alpha value is -0.0800. The Balaban J connectivity index is 2.42. The fourth-order valence-electron chi connectivity index (χ4n) is 2.12. The van der Waals surface area contributed by atoms with Crippen molar-refractivity contribution in [3.8, 4) is 0 Å². The molecule has 1 aliphatic rings. The molecule has 1 fully saturated rings. The van der Waals surface area contributed by atoms with Gasteiger partial charge < -0.3 is 10.6 Å². The molecule has 0 aromatic rings. The molecule has 2 N–H and O–H groups in total. The second-order valence-electron chi connectivity index (χ2n) is 3.54. The molecule has 0 aliphatic carbocycles. The van der Waals surface area contributed by atoms with E-state index < -0.39 is 0 Å². The zero-order chi connectivity index (χ0) is 8.27. The van der Waals surface area contributed by atoms with Crippen LogP contribution in [0.5, 0.6) is 0 Å². The summed E-state index contributed by atoms with van der Waals surface area (Å²) in [6, 6.07) is 0.769. The highest BCUT2D eigenvalue weighted by Gasteiger charge is 2.28. The molecule has 1 saturated heterocycles. The van der Waals surface area contributed by atoms with Gasteiger partial charge in [-0.25, -0.2) is 0 Å². The number of likely N-dealkylation sites (tertiary alicyclic amines) is 1. The van der Waals surface area contributed by atoms with Crippen LogP contribution >= 0.6 is 0 Å². The van der Waals surface area contributed by atoms with Crippen molar-refractivity contribution in [1.29, 1.82) is 0 Å². The number of hydrogen-bond donors (Lipinski definition) is 1. The van der Waals surface area contributed by atoms with E-state index in [1.807, 2.05) is 0 Å². The summed E-state index contributed by atoms with van der Waals surface area (Å²) in [5.74, 6) is 0.860. The van der Waals surface area contributed by atoms with Gasteiger partial charge in [0.15, 0.2) is 0 Å². The van der Waals surface area contributed by atoms with Gasteiger partial charge in [-0.2, -0.15) is 0 Å². The smallest absolute Gasteiger partial charge is 0.0133 e. The van der Waals surface area contributed by atoms with Crippen molar-refractivity contribution in [2.45, 2.75) is 32.7 Å². The highest BCUT2D eigenvalue weighted by atomic mass is 15.2. The fourth-order valence-corrected chi connectivity index (χ4v) is 2.12. The first-order chi connectivity index (χ1) is 5.29. The maximum Gasteiger partial charge on any atom is 0.0133 e. The van der Waals surface area contributed by atoms with Crippen molar-refractivity contribution in [2.24, 2.45) is 11.7 Å². The van der Waals surface area contributed by atoms with Crippen LogP contribution in [0.2, 0.25) is 0 Å². The largest absolute Gasteiger partial charge is 0.330 e. The predicted octanol–water partition coefficient (Wildman–Crippen LogP) is 1.07. The molecule has 2 heteroatoms. The lowest BCUT2D eigenvalue weighted by molar-refractivity contribution is 0.233. The topological polar surface area (TPSA) is 29.3 Å². The zero-order valence-corrected chi connectivity index (χ0v) is 7.71. The summed E-state index contributed by atoms with van der Waals surface area (Å²) in [7, 11) is 0. The molecule has 0 bridgehead atoms. The van der Waals surface area contributed by atoms with Gasteiger partial charge in [0.25, 0.3) is 0 Å². The standard InChI is InChI=1S/C9H20N2/c1-3-11-7-5-8(2)9(11)4-6-10/h8-9H,3-7,10H2,1-2H3/t8-,9-/m1/s1. The minimum atomic E-state index is 0.769. The molecule has 11 heavy (non-hydrogen) atoms. The first-order valence-corrected chi connectivity index (χ1v) is 4.73. The second kappa shape index (κ2) is 4.07. The summed E-state index contributed by atoms with van der Waals surface area (Å²) in [5.41, 5.74) is 5.56. The molecule has 1 heterocycles. The van der Waals surface area contributed by atoms with Gasteiger partial charge in [-0.1, -0.05) is 13.8 Å². The Morgan fingerprint density at radius 3 is 2.82 bits per heavy atom. The number of hydrogen-bond acceptors (Lipinski definition) is 2. The molecule has 2 atom stereocenters. The SMILES string of the molecule is CCN1CC[C@@H](C)[C@H]1CCN. The zero-order valence-electron chi connectivity index (χ0n) is 7.71. The summed E-state index contributed by atoms with van der Waals surface area (Å²) in [4.78, 5) is 2.55. The first kappa shape index (κ1) is 9.01. The lowest BCUT2D eigenvalue weighted by Crippen LogP contribution is -2.33. The van der Waals surface area contributed by atoms with Gasteiger partial charge in [0.05, 0.1) is 0 Å². The van der Waals surface area contributed by atoms with Crippen LogP contribution in [0.25, 0.3) is 0 Å². The maximum atomic E-state index is 5.56. The van der Waals surface area contributed by atoms with Crippen LogP contribution in [0.15, 0.2) is 0 Å². The van der Waals surface area contributed by atoms with Gasteiger partial charge in [0.1, 0.15) is 0 Å². The molecule has 0 unspecified atom stereocenters. The van der Waals surface area contributed by atoms with Gasteiger partial charge in [-0.3, -0.25) is 0 Å². The molecule has 0 spiro atoms. The summed E-state index contributed by atoms with van der Waals surface area (Å²) >= 11 is 0. The Morgan fingerprint density at radius 2 is 2.27 bits per heavy atom. The first-order valence-electron chi connectivity index (χ1n) is 4.73. The molecule has 0 aromatic carbocycles. The molecule has 0 amide bonds. The van der Waals surface area contributed by atoms with Crippen molar-refractivity contribution < 1.29 is 0 Å². The summed E-state index contributed by atoms with van der Waals surface area (Å²) < 4.78 is 0. The number of nitrogens with two attached hydrogens (primary N) is 1. The highest BCUT2D eigenvalue weighted by Crippen LogP contribution is 2.25. The van der Waals surface area contributed by atoms with E-state index in [9.17, 15) is 0 Å².